The smallest absolute Gasteiger partial charge is 0.349 e. The zero-order valence-electron chi connectivity index (χ0n) is 18.1. The van der Waals surface area contributed by atoms with Crippen LogP contribution < -0.4 is 11.4 Å². The zero-order chi connectivity index (χ0) is 23.5. The van der Waals surface area contributed by atoms with E-state index in [-0.39, 0.29) is 5.69 Å². The molecule has 0 unspecified atom stereocenters. The van der Waals surface area contributed by atoms with Crippen LogP contribution in [0, 0.1) is 0 Å². The summed E-state index contributed by atoms with van der Waals surface area (Å²) < 4.78 is 1.51. The van der Waals surface area contributed by atoms with Crippen LogP contribution in [-0.2, 0) is 5.41 Å². The lowest BCUT2D eigenvalue weighted by atomic mass is 9.94. The molecule has 0 fully saturated rings. The van der Waals surface area contributed by atoms with Gasteiger partial charge in [0.2, 0.25) is 0 Å². The number of pyridine rings is 1. The first-order valence-corrected chi connectivity index (χ1v) is 11.0. The predicted molar refractivity (Wildman–Crippen MR) is 133 cm³/mol. The third-order valence-electron chi connectivity index (χ3n) is 5.43. The van der Waals surface area contributed by atoms with Crippen LogP contribution >= 0.6 is 23.2 Å². The lowest BCUT2D eigenvalue weighted by molar-refractivity contribution is 0.535. The SMILES string of the molecule is CC(C)(C)c1nc2nc(-c3ccc(Cl)cc3N)c(-c3ccc(Cl)cc3)cc2c2n[nH]c(=O)n12. The second-order valence-electron chi connectivity index (χ2n) is 8.87. The van der Waals surface area contributed by atoms with E-state index in [2.05, 4.69) is 10.2 Å². The summed E-state index contributed by atoms with van der Waals surface area (Å²) in [6.07, 6.45) is 0. The van der Waals surface area contributed by atoms with E-state index in [0.29, 0.717) is 43.9 Å². The van der Waals surface area contributed by atoms with Gasteiger partial charge in [-0.15, -0.1) is 0 Å². The summed E-state index contributed by atoms with van der Waals surface area (Å²) in [5.74, 6) is 0.561. The number of nitrogens with two attached hydrogens (primary N) is 1. The van der Waals surface area contributed by atoms with Crippen molar-refractivity contribution in [1.29, 1.82) is 0 Å². The van der Waals surface area contributed by atoms with Crippen molar-refractivity contribution in [3.8, 4) is 22.4 Å². The first kappa shape index (κ1) is 21.4. The fraction of sp³-hybridized carbons (Fsp3) is 0.167. The summed E-state index contributed by atoms with van der Waals surface area (Å²) in [6, 6.07) is 14.7. The van der Waals surface area contributed by atoms with Crippen molar-refractivity contribution in [3.63, 3.8) is 0 Å². The van der Waals surface area contributed by atoms with E-state index in [1.165, 1.54) is 4.40 Å². The van der Waals surface area contributed by atoms with Gasteiger partial charge in [0.1, 0.15) is 5.82 Å². The van der Waals surface area contributed by atoms with Crippen molar-refractivity contribution in [2.45, 2.75) is 26.2 Å². The number of aromatic nitrogens is 5. The average molecular weight is 479 g/mol. The van der Waals surface area contributed by atoms with Crippen molar-refractivity contribution >= 4 is 45.6 Å². The van der Waals surface area contributed by atoms with Crippen molar-refractivity contribution in [3.05, 3.63) is 74.9 Å². The minimum atomic E-state index is -0.421. The van der Waals surface area contributed by atoms with Crippen LogP contribution in [0.4, 0.5) is 5.69 Å². The lowest BCUT2D eigenvalue weighted by Crippen LogP contribution is -2.25. The molecule has 7 nitrogen and oxygen atoms in total. The van der Waals surface area contributed by atoms with Crippen molar-refractivity contribution in [1.82, 2.24) is 24.6 Å². The summed E-state index contributed by atoms with van der Waals surface area (Å²) in [5.41, 5.74) is 10.1. The quantitative estimate of drug-likeness (QED) is 0.326. The minimum Gasteiger partial charge on any atom is -0.398 e. The summed E-state index contributed by atoms with van der Waals surface area (Å²) in [4.78, 5) is 22.3. The number of benzene rings is 2. The minimum absolute atomic E-state index is 0.344. The molecule has 0 aliphatic heterocycles. The van der Waals surface area contributed by atoms with Gasteiger partial charge in [0.25, 0.3) is 0 Å². The van der Waals surface area contributed by atoms with Crippen molar-refractivity contribution in [2.75, 3.05) is 5.73 Å². The summed E-state index contributed by atoms with van der Waals surface area (Å²) >= 11 is 12.3. The van der Waals surface area contributed by atoms with E-state index < -0.39 is 5.41 Å². The van der Waals surface area contributed by atoms with Crippen LogP contribution in [0.5, 0.6) is 0 Å². The summed E-state index contributed by atoms with van der Waals surface area (Å²) in [6.45, 7) is 5.96. The molecule has 5 aromatic rings. The van der Waals surface area contributed by atoms with E-state index in [4.69, 9.17) is 38.9 Å². The molecule has 0 radical (unpaired) electrons. The van der Waals surface area contributed by atoms with Crippen LogP contribution in [0.3, 0.4) is 0 Å². The highest BCUT2D eigenvalue weighted by Crippen LogP contribution is 2.38. The van der Waals surface area contributed by atoms with Crippen molar-refractivity contribution < 1.29 is 0 Å². The van der Waals surface area contributed by atoms with E-state index in [0.717, 1.165) is 16.7 Å². The highest BCUT2D eigenvalue weighted by atomic mass is 35.5. The van der Waals surface area contributed by atoms with Crippen LogP contribution in [0.2, 0.25) is 10.0 Å². The maximum atomic E-state index is 12.6. The van der Waals surface area contributed by atoms with Crippen molar-refractivity contribution in [2.24, 2.45) is 0 Å². The highest BCUT2D eigenvalue weighted by Gasteiger charge is 2.25. The van der Waals surface area contributed by atoms with Gasteiger partial charge in [-0.1, -0.05) is 56.1 Å². The maximum Gasteiger partial charge on any atom is 0.349 e. The number of nitrogens with zero attached hydrogens (tertiary/aromatic N) is 4. The Balaban J connectivity index is 1.93. The van der Waals surface area contributed by atoms with Crippen LogP contribution in [0.1, 0.15) is 26.6 Å². The lowest BCUT2D eigenvalue weighted by Gasteiger charge is -2.20. The molecule has 0 aliphatic rings. The third kappa shape index (κ3) is 3.63. The monoisotopic (exact) mass is 478 g/mol. The number of fused-ring (bicyclic) bond motifs is 3. The normalized spacial score (nSPS) is 12.0. The first-order chi connectivity index (χ1) is 15.6. The Bertz CT molecular complexity index is 1600. The Kier molecular flexibility index (Phi) is 4.92. The number of rotatable bonds is 2. The second-order valence-corrected chi connectivity index (χ2v) is 9.74. The van der Waals surface area contributed by atoms with E-state index in [1.54, 1.807) is 12.1 Å². The molecule has 33 heavy (non-hydrogen) atoms. The fourth-order valence-electron chi connectivity index (χ4n) is 3.88. The molecule has 3 N–H and O–H groups in total. The highest BCUT2D eigenvalue weighted by molar-refractivity contribution is 6.31. The summed E-state index contributed by atoms with van der Waals surface area (Å²) in [7, 11) is 0. The van der Waals surface area contributed by atoms with Gasteiger partial charge in [-0.3, -0.25) is 0 Å². The number of anilines is 1. The number of aromatic amines is 1. The number of nitrogens with one attached hydrogen (secondary N) is 1. The van der Waals surface area contributed by atoms with Gasteiger partial charge in [-0.05, 0) is 42.0 Å². The molecule has 3 aromatic heterocycles. The zero-order valence-corrected chi connectivity index (χ0v) is 19.7. The number of nitrogen functional groups attached to an aromatic ring is 1. The molecule has 0 aliphatic carbocycles. The van der Waals surface area contributed by atoms with Gasteiger partial charge >= 0.3 is 5.69 Å². The van der Waals surface area contributed by atoms with Gasteiger partial charge in [0, 0.05) is 32.3 Å². The maximum absolute atomic E-state index is 12.6. The molecule has 3 heterocycles. The molecule has 0 saturated heterocycles. The molecular weight excluding hydrogens is 459 g/mol. The van der Waals surface area contributed by atoms with Gasteiger partial charge in [-0.25, -0.2) is 24.3 Å². The molecule has 166 valence electrons. The van der Waals surface area contributed by atoms with Crippen LogP contribution in [0.15, 0.2) is 53.3 Å². The molecule has 0 bridgehead atoms. The molecule has 5 rings (SSSR count). The largest absolute Gasteiger partial charge is 0.398 e. The third-order valence-corrected chi connectivity index (χ3v) is 5.92. The summed E-state index contributed by atoms with van der Waals surface area (Å²) in [5, 5.41) is 8.63. The standard InChI is InChI=1S/C24H20Cl2N6O/c1-24(2,3)22-29-20-17(21-30-31-23(33)32(21)22)11-16(12-4-6-13(25)7-5-12)19(28-20)15-9-8-14(26)10-18(15)27/h4-11H,27H2,1-3H3,(H,31,33). The average Bonchev–Trinajstić information content (AvgIpc) is 3.14. The Morgan fingerprint density at radius 1 is 0.939 bits per heavy atom. The van der Waals surface area contributed by atoms with Crippen LogP contribution in [0.25, 0.3) is 39.1 Å². The van der Waals surface area contributed by atoms with Crippen LogP contribution in [-0.4, -0.2) is 24.6 Å². The molecule has 0 atom stereocenters. The van der Waals surface area contributed by atoms with E-state index >= 15 is 0 Å². The van der Waals surface area contributed by atoms with Gasteiger partial charge < -0.3 is 5.73 Å². The van der Waals surface area contributed by atoms with Gasteiger partial charge in [0.05, 0.1) is 11.1 Å². The number of halogens is 2. The molecular formula is C24H20Cl2N6O. The van der Waals surface area contributed by atoms with Gasteiger partial charge in [-0.2, -0.15) is 5.10 Å². The molecule has 0 saturated carbocycles. The Morgan fingerprint density at radius 3 is 2.30 bits per heavy atom. The second kappa shape index (κ2) is 7.57. The first-order valence-electron chi connectivity index (χ1n) is 10.3. The number of hydrogen-bond acceptors (Lipinski definition) is 5. The predicted octanol–water partition coefficient (Wildman–Crippen LogP) is 5.49. The molecule has 0 spiro atoms. The number of hydrogen-bond donors (Lipinski definition) is 2. The fourth-order valence-corrected chi connectivity index (χ4v) is 4.19. The topological polar surface area (TPSA) is 102 Å². The molecule has 0 amide bonds. The Labute approximate surface area is 199 Å². The van der Waals surface area contributed by atoms with Gasteiger partial charge in [0.15, 0.2) is 11.3 Å². The van der Waals surface area contributed by atoms with E-state index in [9.17, 15) is 4.79 Å². The number of H-pyrrole nitrogens is 1. The van der Waals surface area contributed by atoms with E-state index in [1.807, 2.05) is 57.2 Å². The Morgan fingerprint density at radius 2 is 1.64 bits per heavy atom. The molecule has 9 heteroatoms. The molecule has 2 aromatic carbocycles. The Hall–Kier alpha value is -3.42.